The molecule has 14 heteroatoms. The minimum Gasteiger partial charge on any atom is -0.394 e. The Morgan fingerprint density at radius 3 is 1.87 bits per heavy atom. The van der Waals surface area contributed by atoms with Gasteiger partial charge in [-0.15, -0.1) is 43.2 Å². The van der Waals surface area contributed by atoms with Crippen molar-refractivity contribution in [3.05, 3.63) is 41.4 Å². The maximum Gasteiger partial charge on any atom is 0.414 e. The van der Waals surface area contributed by atoms with Gasteiger partial charge in [-0.3, -0.25) is 0 Å². The average Bonchev–Trinajstić information content (AvgIpc) is 3.42. The molecule has 0 amide bonds. The van der Waals surface area contributed by atoms with Gasteiger partial charge in [-0.1, -0.05) is 0 Å². The average molecular weight is 523 g/mol. The first-order valence-electron chi connectivity index (χ1n) is 7.97. The predicted octanol–water partition coefficient (Wildman–Crippen LogP) is 4.39. The number of sulfone groups is 1. The van der Waals surface area contributed by atoms with E-state index in [-0.39, 0.29) is 15.0 Å². The van der Waals surface area contributed by atoms with Crippen LogP contribution in [0.5, 0.6) is 0 Å². The fourth-order valence-corrected chi connectivity index (χ4v) is 7.22. The van der Waals surface area contributed by atoms with Crippen LogP contribution in [0.15, 0.2) is 39.0 Å². The Kier molecular flexibility index (Phi) is 7.14. The summed E-state index contributed by atoms with van der Waals surface area (Å²) in [5.74, 6) is 0.508. The van der Waals surface area contributed by atoms with Crippen molar-refractivity contribution in [2.45, 2.75) is 22.3 Å². The molecular formula is C16H14N2O6S6. The molecule has 4 rings (SSSR count). The molecule has 0 spiro atoms. The largest absolute Gasteiger partial charge is 0.414 e. The highest BCUT2D eigenvalue weighted by Crippen LogP contribution is 2.36. The Labute approximate surface area is 191 Å². The number of hydrogen-bond acceptors (Lipinski definition) is 13. The molecule has 0 fully saturated rings. The van der Waals surface area contributed by atoms with E-state index in [1.807, 2.05) is 19.2 Å². The van der Waals surface area contributed by atoms with Crippen molar-refractivity contribution in [1.29, 1.82) is 0 Å². The van der Waals surface area contributed by atoms with E-state index in [1.165, 1.54) is 4.88 Å². The molecule has 30 heavy (non-hydrogen) atoms. The van der Waals surface area contributed by atoms with Crippen molar-refractivity contribution in [2.75, 3.05) is 12.5 Å². The van der Waals surface area contributed by atoms with Crippen LogP contribution in [0.2, 0.25) is 0 Å². The third kappa shape index (κ3) is 5.36. The number of thioether (sulfide) groups is 1. The van der Waals surface area contributed by atoms with Crippen LogP contribution in [-0.4, -0.2) is 29.7 Å². The maximum absolute atomic E-state index is 11.5. The normalized spacial score (nSPS) is 11.3. The van der Waals surface area contributed by atoms with Crippen molar-refractivity contribution < 1.29 is 17.3 Å². The molecule has 0 aliphatic carbocycles. The van der Waals surface area contributed by atoms with Crippen molar-refractivity contribution in [3.63, 3.8) is 0 Å². The molecule has 0 unspecified atom stereocenters. The third-order valence-corrected chi connectivity index (χ3v) is 9.45. The van der Waals surface area contributed by atoms with Crippen molar-refractivity contribution in [3.8, 4) is 22.9 Å². The van der Waals surface area contributed by atoms with Gasteiger partial charge in [0.05, 0.1) is 38.4 Å². The van der Waals surface area contributed by atoms with Crippen molar-refractivity contribution in [2.24, 2.45) is 0 Å². The molecular weight excluding hydrogens is 509 g/mol. The van der Waals surface area contributed by atoms with Gasteiger partial charge in [0.15, 0.2) is 9.84 Å². The number of rotatable bonds is 4. The Bertz CT molecular complexity index is 1380. The van der Waals surface area contributed by atoms with Crippen LogP contribution < -0.4 is 9.88 Å². The fourth-order valence-electron chi connectivity index (χ4n) is 2.31. The lowest BCUT2D eigenvalue weighted by molar-refractivity contribution is 0.541. The molecule has 0 aliphatic heterocycles. The highest BCUT2D eigenvalue weighted by atomic mass is 32.2. The molecule has 160 valence electrons. The van der Waals surface area contributed by atoms with Crippen LogP contribution in [-0.2, 0) is 9.84 Å². The smallest absolute Gasteiger partial charge is 0.394 e. The van der Waals surface area contributed by atoms with Gasteiger partial charge in [-0.05, 0) is 32.2 Å². The first kappa shape index (κ1) is 23.1. The first-order valence-corrected chi connectivity index (χ1v) is 14.3. The standard InChI is InChI=1S/C8H7NO4S3.C8H7NO2S3/c1-4-3-5(6-9-15-8(10)13-6)7(14-4)16(2,11)12;1-4-3-5(7(12-2)13-4)6-9-14-8(10)11-6/h3H,1-2H3;3H,1-2H3. The summed E-state index contributed by atoms with van der Waals surface area (Å²) in [6, 6.07) is 3.65. The summed E-state index contributed by atoms with van der Waals surface area (Å²) in [6.45, 7) is 3.81. The molecule has 4 aromatic rings. The van der Waals surface area contributed by atoms with E-state index in [0.29, 0.717) is 23.0 Å². The lowest BCUT2D eigenvalue weighted by atomic mass is 10.3. The number of thiophene rings is 2. The van der Waals surface area contributed by atoms with E-state index in [0.717, 1.165) is 43.8 Å². The van der Waals surface area contributed by atoms with Crippen LogP contribution in [0.1, 0.15) is 9.75 Å². The van der Waals surface area contributed by atoms with Crippen LogP contribution in [0.4, 0.5) is 0 Å². The lowest BCUT2D eigenvalue weighted by Gasteiger charge is -1.95. The van der Waals surface area contributed by atoms with Gasteiger partial charge < -0.3 is 8.83 Å². The van der Waals surface area contributed by atoms with Gasteiger partial charge in [0.25, 0.3) is 0 Å². The number of hydrogen-bond donors (Lipinski definition) is 0. The number of aryl methyl sites for hydroxylation is 2. The molecule has 4 heterocycles. The molecule has 8 nitrogen and oxygen atoms in total. The fraction of sp³-hybridized carbons (Fsp3) is 0.250. The van der Waals surface area contributed by atoms with E-state index in [4.69, 9.17) is 8.83 Å². The van der Waals surface area contributed by atoms with E-state index < -0.39 is 14.8 Å². The zero-order valence-corrected chi connectivity index (χ0v) is 20.8. The topological polar surface area (TPSA) is 120 Å². The minimum atomic E-state index is -3.33. The predicted molar refractivity (Wildman–Crippen MR) is 122 cm³/mol. The monoisotopic (exact) mass is 522 g/mol. The van der Waals surface area contributed by atoms with Gasteiger partial charge in [0, 0.05) is 16.0 Å². The quantitative estimate of drug-likeness (QED) is 0.359. The summed E-state index contributed by atoms with van der Waals surface area (Å²) in [5.41, 5.74) is 1.29. The van der Waals surface area contributed by atoms with Crippen LogP contribution in [0.25, 0.3) is 22.9 Å². The summed E-state index contributed by atoms with van der Waals surface area (Å²) in [6.07, 6.45) is 3.12. The van der Waals surface area contributed by atoms with Crippen LogP contribution in [0, 0.1) is 13.8 Å². The second kappa shape index (κ2) is 9.28. The second-order valence-corrected chi connectivity index (χ2v) is 13.0. The summed E-state index contributed by atoms with van der Waals surface area (Å²) < 4.78 is 41.9. The van der Waals surface area contributed by atoms with Crippen LogP contribution >= 0.6 is 57.5 Å². The van der Waals surface area contributed by atoms with Gasteiger partial charge in [0.1, 0.15) is 4.21 Å². The summed E-state index contributed by atoms with van der Waals surface area (Å²) in [7, 11) is -3.33. The first-order chi connectivity index (χ1) is 14.1. The molecule has 0 saturated carbocycles. The van der Waals surface area contributed by atoms with Gasteiger partial charge >= 0.3 is 9.88 Å². The van der Waals surface area contributed by atoms with Crippen LogP contribution in [0.3, 0.4) is 0 Å². The zero-order chi connectivity index (χ0) is 22.1. The molecule has 0 aromatic carbocycles. The summed E-state index contributed by atoms with van der Waals surface area (Å²) >= 11 is 5.98. The number of nitrogens with zero attached hydrogens (tertiary/aromatic N) is 2. The SMILES string of the molecule is CSc1sc(C)cc1-c1nsc(=O)o1.Cc1cc(-c2nsc(=O)o2)c(S(C)(=O)=O)s1. The zero-order valence-electron chi connectivity index (χ0n) is 15.9. The molecule has 0 N–H and O–H groups in total. The Morgan fingerprint density at radius 1 is 0.900 bits per heavy atom. The van der Waals surface area contributed by atoms with Gasteiger partial charge in [-0.25, -0.2) is 18.0 Å². The Hall–Kier alpha value is -1.58. The van der Waals surface area contributed by atoms with E-state index >= 15 is 0 Å². The summed E-state index contributed by atoms with van der Waals surface area (Å²) in [5, 5.41) is 0. The molecule has 4 aromatic heterocycles. The Morgan fingerprint density at radius 2 is 1.40 bits per heavy atom. The van der Waals surface area contributed by atoms with E-state index in [2.05, 4.69) is 8.75 Å². The molecule has 0 radical (unpaired) electrons. The highest BCUT2D eigenvalue weighted by molar-refractivity contribution is 8.00. The summed E-state index contributed by atoms with van der Waals surface area (Å²) in [4.78, 5) is 22.9. The van der Waals surface area contributed by atoms with Gasteiger partial charge in [0.2, 0.25) is 11.8 Å². The van der Waals surface area contributed by atoms with E-state index in [9.17, 15) is 18.0 Å². The van der Waals surface area contributed by atoms with Crippen molar-refractivity contribution in [1.82, 2.24) is 8.75 Å². The van der Waals surface area contributed by atoms with E-state index in [1.54, 1.807) is 36.1 Å². The maximum atomic E-state index is 11.5. The van der Waals surface area contributed by atoms with Gasteiger partial charge in [-0.2, -0.15) is 0 Å². The number of aromatic nitrogens is 2. The Balaban J connectivity index is 0.000000172. The third-order valence-electron chi connectivity index (χ3n) is 3.39. The second-order valence-electron chi connectivity index (χ2n) is 5.77. The minimum absolute atomic E-state index is 0.0692. The molecule has 0 saturated heterocycles. The molecule has 0 bridgehead atoms. The molecule has 0 aliphatic rings. The highest BCUT2D eigenvalue weighted by Gasteiger charge is 2.21. The van der Waals surface area contributed by atoms with Crippen molar-refractivity contribution >= 4 is 67.3 Å². The lowest BCUT2D eigenvalue weighted by Crippen LogP contribution is -1.95. The molecule has 0 atom stereocenters.